The van der Waals surface area contributed by atoms with Gasteiger partial charge in [-0.25, -0.2) is 4.98 Å². The van der Waals surface area contributed by atoms with Crippen molar-refractivity contribution in [1.82, 2.24) is 19.6 Å². The van der Waals surface area contributed by atoms with Crippen molar-refractivity contribution in [1.29, 1.82) is 0 Å². The second-order valence-corrected chi connectivity index (χ2v) is 6.71. The van der Waals surface area contributed by atoms with Crippen LogP contribution in [-0.2, 0) is 5.75 Å². The predicted molar refractivity (Wildman–Crippen MR) is 92.2 cm³/mol. The SMILES string of the molecule is Brc1cccc(-c2nnc(SCc3cn4ccccc4n3)o2)c1. The van der Waals surface area contributed by atoms with E-state index in [9.17, 15) is 0 Å². The van der Waals surface area contributed by atoms with Gasteiger partial charge in [-0.1, -0.05) is 39.8 Å². The van der Waals surface area contributed by atoms with Crippen LogP contribution in [-0.4, -0.2) is 19.6 Å². The fourth-order valence-electron chi connectivity index (χ4n) is 2.20. The van der Waals surface area contributed by atoms with Gasteiger partial charge in [0, 0.05) is 28.2 Å². The summed E-state index contributed by atoms with van der Waals surface area (Å²) in [6, 6.07) is 13.7. The summed E-state index contributed by atoms with van der Waals surface area (Å²) in [6.45, 7) is 0. The van der Waals surface area contributed by atoms with Crippen molar-refractivity contribution in [3.63, 3.8) is 0 Å². The molecule has 0 spiro atoms. The Kier molecular flexibility index (Phi) is 3.88. The van der Waals surface area contributed by atoms with Gasteiger partial charge in [0.25, 0.3) is 5.22 Å². The number of thioether (sulfide) groups is 1. The number of fused-ring (bicyclic) bond motifs is 1. The lowest BCUT2D eigenvalue weighted by molar-refractivity contribution is 0.466. The van der Waals surface area contributed by atoms with E-state index in [0.717, 1.165) is 21.4 Å². The van der Waals surface area contributed by atoms with Crippen LogP contribution < -0.4 is 0 Å². The second-order valence-electron chi connectivity index (χ2n) is 4.87. The quantitative estimate of drug-likeness (QED) is 0.485. The van der Waals surface area contributed by atoms with Crippen LogP contribution in [0.3, 0.4) is 0 Å². The molecular weight excluding hydrogens is 376 g/mol. The van der Waals surface area contributed by atoms with Gasteiger partial charge in [-0.05, 0) is 30.3 Å². The Morgan fingerprint density at radius 2 is 2.09 bits per heavy atom. The third kappa shape index (κ3) is 3.16. The maximum atomic E-state index is 5.71. The maximum absolute atomic E-state index is 5.71. The molecule has 7 heteroatoms. The highest BCUT2D eigenvalue weighted by atomic mass is 79.9. The van der Waals surface area contributed by atoms with Crippen molar-refractivity contribution >= 4 is 33.3 Å². The summed E-state index contributed by atoms with van der Waals surface area (Å²) in [7, 11) is 0. The maximum Gasteiger partial charge on any atom is 0.277 e. The molecular formula is C16H11BrN4OS. The Morgan fingerprint density at radius 1 is 1.13 bits per heavy atom. The first-order valence-electron chi connectivity index (χ1n) is 6.93. The molecule has 3 aromatic heterocycles. The van der Waals surface area contributed by atoms with Gasteiger partial charge in [0.15, 0.2) is 0 Å². The van der Waals surface area contributed by atoms with E-state index in [1.807, 2.05) is 59.3 Å². The zero-order chi connectivity index (χ0) is 15.6. The van der Waals surface area contributed by atoms with Crippen molar-refractivity contribution in [3.05, 3.63) is 65.0 Å². The van der Waals surface area contributed by atoms with Crippen molar-refractivity contribution in [3.8, 4) is 11.5 Å². The van der Waals surface area contributed by atoms with Crippen molar-refractivity contribution < 1.29 is 4.42 Å². The van der Waals surface area contributed by atoms with E-state index in [-0.39, 0.29) is 0 Å². The molecule has 0 N–H and O–H groups in total. The first-order chi connectivity index (χ1) is 11.3. The highest BCUT2D eigenvalue weighted by molar-refractivity contribution is 9.10. The van der Waals surface area contributed by atoms with Crippen LogP contribution in [0.2, 0.25) is 0 Å². The number of pyridine rings is 1. The van der Waals surface area contributed by atoms with E-state index < -0.39 is 0 Å². The van der Waals surface area contributed by atoms with Crippen LogP contribution in [0.5, 0.6) is 0 Å². The molecule has 0 bridgehead atoms. The van der Waals surface area contributed by atoms with Gasteiger partial charge in [-0.15, -0.1) is 10.2 Å². The van der Waals surface area contributed by atoms with Crippen LogP contribution in [0.1, 0.15) is 5.69 Å². The van der Waals surface area contributed by atoms with Crippen LogP contribution in [0.4, 0.5) is 0 Å². The third-order valence-corrected chi connectivity index (χ3v) is 4.58. The number of imidazole rings is 1. The molecule has 4 rings (SSSR count). The third-order valence-electron chi connectivity index (χ3n) is 3.24. The molecule has 0 fully saturated rings. The molecule has 0 atom stereocenters. The summed E-state index contributed by atoms with van der Waals surface area (Å²) in [5.74, 6) is 1.20. The van der Waals surface area contributed by atoms with Crippen LogP contribution in [0.15, 0.2) is 69.0 Å². The average Bonchev–Trinajstić information content (AvgIpc) is 3.19. The number of hydrogen-bond donors (Lipinski definition) is 0. The fraction of sp³-hybridized carbons (Fsp3) is 0.0625. The van der Waals surface area contributed by atoms with E-state index in [1.54, 1.807) is 0 Å². The molecule has 1 aromatic carbocycles. The van der Waals surface area contributed by atoms with E-state index in [2.05, 4.69) is 31.1 Å². The number of aromatic nitrogens is 4. The second kappa shape index (κ2) is 6.17. The van der Waals surface area contributed by atoms with Gasteiger partial charge in [-0.2, -0.15) is 0 Å². The minimum atomic E-state index is 0.517. The Hall–Kier alpha value is -2.12. The van der Waals surface area contributed by atoms with E-state index in [4.69, 9.17) is 4.42 Å². The molecule has 23 heavy (non-hydrogen) atoms. The molecule has 0 radical (unpaired) electrons. The topological polar surface area (TPSA) is 56.2 Å². The molecule has 0 aliphatic heterocycles. The number of benzene rings is 1. The van der Waals surface area contributed by atoms with Gasteiger partial charge in [-0.3, -0.25) is 0 Å². The van der Waals surface area contributed by atoms with Gasteiger partial charge < -0.3 is 8.82 Å². The summed E-state index contributed by atoms with van der Waals surface area (Å²) in [5.41, 5.74) is 2.80. The fourth-order valence-corrected chi connectivity index (χ4v) is 3.24. The monoisotopic (exact) mass is 386 g/mol. The normalized spacial score (nSPS) is 11.2. The minimum Gasteiger partial charge on any atom is -0.411 e. The average molecular weight is 387 g/mol. The molecule has 0 amide bonds. The number of hydrogen-bond acceptors (Lipinski definition) is 5. The molecule has 5 nitrogen and oxygen atoms in total. The first kappa shape index (κ1) is 14.5. The minimum absolute atomic E-state index is 0.517. The number of rotatable bonds is 4. The van der Waals surface area contributed by atoms with Crippen LogP contribution >= 0.6 is 27.7 Å². The van der Waals surface area contributed by atoms with Crippen molar-refractivity contribution in [2.75, 3.05) is 0 Å². The zero-order valence-corrected chi connectivity index (χ0v) is 14.3. The lowest BCUT2D eigenvalue weighted by Crippen LogP contribution is -1.79. The summed E-state index contributed by atoms with van der Waals surface area (Å²) in [6.07, 6.45) is 3.99. The highest BCUT2D eigenvalue weighted by Crippen LogP contribution is 2.27. The summed E-state index contributed by atoms with van der Waals surface area (Å²) in [4.78, 5) is 4.55. The molecule has 3 heterocycles. The van der Waals surface area contributed by atoms with Gasteiger partial charge in [0.2, 0.25) is 5.89 Å². The number of nitrogens with zero attached hydrogens (tertiary/aromatic N) is 4. The van der Waals surface area contributed by atoms with E-state index in [1.165, 1.54) is 11.8 Å². The molecule has 4 aromatic rings. The van der Waals surface area contributed by atoms with Gasteiger partial charge in [0.05, 0.1) is 5.69 Å². The van der Waals surface area contributed by atoms with Gasteiger partial charge in [0.1, 0.15) is 5.65 Å². The summed E-state index contributed by atoms with van der Waals surface area (Å²) < 4.78 is 8.68. The smallest absolute Gasteiger partial charge is 0.277 e. The predicted octanol–water partition coefficient (Wildman–Crippen LogP) is 4.44. The Balaban J connectivity index is 1.49. The van der Waals surface area contributed by atoms with E-state index in [0.29, 0.717) is 16.9 Å². The lowest BCUT2D eigenvalue weighted by Gasteiger charge is -1.95. The number of halogens is 1. The van der Waals surface area contributed by atoms with Crippen LogP contribution in [0, 0.1) is 0 Å². The van der Waals surface area contributed by atoms with Gasteiger partial charge >= 0.3 is 0 Å². The molecule has 0 unspecified atom stereocenters. The summed E-state index contributed by atoms with van der Waals surface area (Å²) in [5, 5.41) is 8.73. The van der Waals surface area contributed by atoms with Crippen molar-refractivity contribution in [2.45, 2.75) is 11.0 Å². The van der Waals surface area contributed by atoms with Crippen LogP contribution in [0.25, 0.3) is 17.1 Å². The van der Waals surface area contributed by atoms with E-state index >= 15 is 0 Å². The molecule has 0 aliphatic carbocycles. The largest absolute Gasteiger partial charge is 0.411 e. The molecule has 0 saturated heterocycles. The highest BCUT2D eigenvalue weighted by Gasteiger charge is 2.10. The molecule has 0 saturated carbocycles. The van der Waals surface area contributed by atoms with Crippen molar-refractivity contribution in [2.24, 2.45) is 0 Å². The Labute approximate surface area is 144 Å². The Morgan fingerprint density at radius 3 is 2.96 bits per heavy atom. The molecule has 114 valence electrons. The lowest BCUT2D eigenvalue weighted by atomic mass is 10.2. The Bertz CT molecular complexity index is 932. The standard InChI is InChI=1S/C16H11BrN4OS/c17-12-5-3-4-11(8-12)15-19-20-16(22-15)23-10-13-9-21-7-2-1-6-14(21)18-13/h1-9H,10H2. The zero-order valence-electron chi connectivity index (χ0n) is 11.9. The first-order valence-corrected chi connectivity index (χ1v) is 8.71. The molecule has 0 aliphatic rings. The summed E-state index contributed by atoms with van der Waals surface area (Å²) >= 11 is 4.92.